The van der Waals surface area contributed by atoms with Crippen molar-refractivity contribution in [3.63, 3.8) is 0 Å². The molecule has 1 N–H and O–H groups in total. The number of amides is 2. The van der Waals surface area contributed by atoms with Crippen LogP contribution in [0.5, 0.6) is 0 Å². The van der Waals surface area contributed by atoms with Crippen LogP contribution in [0.1, 0.15) is 50.5 Å². The van der Waals surface area contributed by atoms with E-state index >= 15 is 0 Å². The Labute approximate surface area is 150 Å². The summed E-state index contributed by atoms with van der Waals surface area (Å²) in [7, 11) is 1.93. The van der Waals surface area contributed by atoms with E-state index in [0.29, 0.717) is 12.6 Å². The molecule has 25 heavy (non-hydrogen) atoms. The summed E-state index contributed by atoms with van der Waals surface area (Å²) in [5, 5.41) is 7.31. The van der Waals surface area contributed by atoms with Gasteiger partial charge in [-0.05, 0) is 36.6 Å². The van der Waals surface area contributed by atoms with Gasteiger partial charge in [0.2, 0.25) is 0 Å². The van der Waals surface area contributed by atoms with Crippen LogP contribution in [-0.4, -0.2) is 33.8 Å². The minimum absolute atomic E-state index is 0.0232. The summed E-state index contributed by atoms with van der Waals surface area (Å²) in [5.74, 6) is 0. The monoisotopic (exact) mass is 340 g/mol. The average Bonchev–Trinajstić information content (AvgIpc) is 3.14. The van der Waals surface area contributed by atoms with Gasteiger partial charge in [0.25, 0.3) is 0 Å². The molecule has 1 aromatic carbocycles. The molecular weight excluding hydrogens is 312 g/mol. The van der Waals surface area contributed by atoms with Gasteiger partial charge < -0.3 is 10.2 Å². The first kappa shape index (κ1) is 17.5. The Morgan fingerprint density at radius 2 is 1.96 bits per heavy atom. The summed E-state index contributed by atoms with van der Waals surface area (Å²) < 4.78 is 1.83. The normalized spacial score (nSPS) is 16.0. The lowest BCUT2D eigenvalue weighted by Gasteiger charge is -2.29. The maximum absolute atomic E-state index is 12.5. The molecule has 2 aromatic rings. The van der Waals surface area contributed by atoms with Crippen molar-refractivity contribution >= 4 is 6.03 Å². The lowest BCUT2D eigenvalue weighted by Crippen LogP contribution is -2.43. The maximum Gasteiger partial charge on any atom is 0.317 e. The lowest BCUT2D eigenvalue weighted by molar-refractivity contribution is 0.178. The van der Waals surface area contributed by atoms with E-state index in [0.717, 1.165) is 24.1 Å². The van der Waals surface area contributed by atoms with Crippen LogP contribution < -0.4 is 5.32 Å². The molecule has 5 nitrogen and oxygen atoms in total. The van der Waals surface area contributed by atoms with Crippen molar-refractivity contribution in [1.29, 1.82) is 0 Å². The number of urea groups is 1. The molecular formula is C20H28N4O. The van der Waals surface area contributed by atoms with Crippen molar-refractivity contribution in [2.45, 2.75) is 57.5 Å². The molecule has 134 valence electrons. The van der Waals surface area contributed by atoms with E-state index in [1.807, 2.05) is 47.1 Å². The first-order chi connectivity index (χ1) is 12.2. The zero-order chi connectivity index (χ0) is 17.5. The molecule has 0 spiro atoms. The van der Waals surface area contributed by atoms with Gasteiger partial charge in [-0.3, -0.25) is 0 Å². The number of nitrogens with one attached hydrogen (secondary N) is 1. The molecule has 1 aliphatic carbocycles. The molecule has 0 bridgehead atoms. The smallest absolute Gasteiger partial charge is 0.317 e. The second-order valence-corrected chi connectivity index (χ2v) is 6.89. The second-order valence-electron chi connectivity index (χ2n) is 6.89. The van der Waals surface area contributed by atoms with Crippen molar-refractivity contribution in [1.82, 2.24) is 20.0 Å². The van der Waals surface area contributed by atoms with E-state index in [9.17, 15) is 4.79 Å². The fourth-order valence-electron chi connectivity index (χ4n) is 3.52. The van der Waals surface area contributed by atoms with Gasteiger partial charge in [0.05, 0.1) is 5.69 Å². The van der Waals surface area contributed by atoms with Gasteiger partial charge in [0.15, 0.2) is 0 Å². The molecule has 2 amide bonds. The summed E-state index contributed by atoms with van der Waals surface area (Å²) in [5.41, 5.74) is 2.08. The third-order valence-electron chi connectivity index (χ3n) is 5.07. The van der Waals surface area contributed by atoms with Crippen molar-refractivity contribution in [3.05, 3.63) is 48.3 Å². The summed E-state index contributed by atoms with van der Waals surface area (Å²) in [4.78, 5) is 14.4. The largest absolute Gasteiger partial charge is 0.334 e. The van der Waals surface area contributed by atoms with E-state index < -0.39 is 0 Å². The first-order valence-electron chi connectivity index (χ1n) is 9.33. The van der Waals surface area contributed by atoms with Crippen LogP contribution >= 0.6 is 0 Å². The van der Waals surface area contributed by atoms with E-state index in [1.54, 1.807) is 6.20 Å². The minimum Gasteiger partial charge on any atom is -0.334 e. The molecule has 0 unspecified atom stereocenters. The lowest BCUT2D eigenvalue weighted by atomic mass is 9.96. The maximum atomic E-state index is 12.5. The molecule has 1 saturated carbocycles. The summed E-state index contributed by atoms with van der Waals surface area (Å²) in [6.45, 7) is 0.533. The average molecular weight is 340 g/mol. The van der Waals surface area contributed by atoms with Crippen LogP contribution in [0, 0.1) is 0 Å². The Bertz CT molecular complexity index is 660. The molecule has 0 radical (unpaired) electrons. The van der Waals surface area contributed by atoms with Crippen LogP contribution in [0.15, 0.2) is 42.7 Å². The fraction of sp³-hybridized carbons (Fsp3) is 0.500. The molecule has 1 aliphatic rings. The fourth-order valence-corrected chi connectivity index (χ4v) is 3.52. The van der Waals surface area contributed by atoms with Crippen molar-refractivity contribution in [3.8, 4) is 5.69 Å². The highest BCUT2D eigenvalue weighted by molar-refractivity contribution is 5.74. The minimum atomic E-state index is 0.0232. The Hall–Kier alpha value is -2.30. The molecule has 0 saturated heterocycles. The Kier molecular flexibility index (Phi) is 6.09. The van der Waals surface area contributed by atoms with Gasteiger partial charge in [-0.1, -0.05) is 44.2 Å². The quantitative estimate of drug-likeness (QED) is 0.910. The Morgan fingerprint density at radius 1 is 1.20 bits per heavy atom. The zero-order valence-corrected chi connectivity index (χ0v) is 15.0. The summed E-state index contributed by atoms with van der Waals surface area (Å²) in [6.07, 6.45) is 12.3. The van der Waals surface area contributed by atoms with Gasteiger partial charge in [0.1, 0.15) is 0 Å². The molecule has 0 aliphatic heterocycles. The van der Waals surface area contributed by atoms with Crippen molar-refractivity contribution in [2.24, 2.45) is 0 Å². The SMILES string of the molecule is CN(C(=O)NCc1cccc(-n2cccn2)c1)C1CCCCCCC1. The number of rotatable bonds is 4. The van der Waals surface area contributed by atoms with Crippen LogP contribution in [-0.2, 0) is 6.54 Å². The second kappa shape index (κ2) is 8.70. The Balaban J connectivity index is 1.55. The highest BCUT2D eigenvalue weighted by Gasteiger charge is 2.20. The topological polar surface area (TPSA) is 50.2 Å². The van der Waals surface area contributed by atoms with Crippen LogP contribution in [0.2, 0.25) is 0 Å². The molecule has 5 heteroatoms. The first-order valence-corrected chi connectivity index (χ1v) is 9.33. The third-order valence-corrected chi connectivity index (χ3v) is 5.07. The van der Waals surface area contributed by atoms with E-state index in [-0.39, 0.29) is 6.03 Å². The highest BCUT2D eigenvalue weighted by atomic mass is 16.2. The number of hydrogen-bond acceptors (Lipinski definition) is 2. The highest BCUT2D eigenvalue weighted by Crippen LogP contribution is 2.20. The van der Waals surface area contributed by atoms with Crippen LogP contribution in [0.25, 0.3) is 5.69 Å². The van der Waals surface area contributed by atoms with Crippen LogP contribution in [0.3, 0.4) is 0 Å². The number of carbonyl (C=O) groups excluding carboxylic acids is 1. The number of carbonyl (C=O) groups is 1. The van der Waals surface area contributed by atoms with E-state index in [2.05, 4.69) is 16.5 Å². The number of benzene rings is 1. The van der Waals surface area contributed by atoms with E-state index in [4.69, 9.17) is 0 Å². The molecule has 0 atom stereocenters. The third kappa shape index (κ3) is 4.84. The van der Waals surface area contributed by atoms with Gasteiger partial charge in [-0.25, -0.2) is 9.48 Å². The molecule has 1 fully saturated rings. The molecule has 3 rings (SSSR count). The predicted octanol–water partition coefficient (Wildman–Crippen LogP) is 4.13. The van der Waals surface area contributed by atoms with Gasteiger partial charge >= 0.3 is 6.03 Å². The standard InChI is InChI=1S/C20H28N4O/c1-23(18-10-5-3-2-4-6-11-18)20(25)21-16-17-9-7-12-19(15-17)24-14-8-13-22-24/h7-9,12-15,18H,2-6,10-11,16H2,1H3,(H,21,25). The van der Waals surface area contributed by atoms with Gasteiger partial charge in [-0.15, -0.1) is 0 Å². The van der Waals surface area contributed by atoms with E-state index in [1.165, 1.54) is 32.1 Å². The van der Waals surface area contributed by atoms with Gasteiger partial charge in [0, 0.05) is 32.0 Å². The predicted molar refractivity (Wildman–Crippen MR) is 99.7 cm³/mol. The van der Waals surface area contributed by atoms with Crippen LogP contribution in [0.4, 0.5) is 4.79 Å². The molecule has 1 aromatic heterocycles. The Morgan fingerprint density at radius 3 is 2.68 bits per heavy atom. The number of hydrogen-bond donors (Lipinski definition) is 1. The van der Waals surface area contributed by atoms with Gasteiger partial charge in [-0.2, -0.15) is 5.10 Å². The number of aromatic nitrogens is 2. The summed E-state index contributed by atoms with van der Waals surface area (Å²) in [6, 6.07) is 10.4. The molecule has 1 heterocycles. The number of nitrogens with zero attached hydrogens (tertiary/aromatic N) is 3. The summed E-state index contributed by atoms with van der Waals surface area (Å²) >= 11 is 0. The zero-order valence-electron chi connectivity index (χ0n) is 15.0. The van der Waals surface area contributed by atoms with Crippen molar-refractivity contribution in [2.75, 3.05) is 7.05 Å². The van der Waals surface area contributed by atoms with Crippen molar-refractivity contribution < 1.29 is 4.79 Å².